The van der Waals surface area contributed by atoms with Gasteiger partial charge in [0.15, 0.2) is 0 Å². The monoisotopic (exact) mass is 338 g/mol. The third kappa shape index (κ3) is 3.18. The molecule has 1 N–H and O–H groups in total. The molecule has 1 aliphatic carbocycles. The summed E-state index contributed by atoms with van der Waals surface area (Å²) >= 11 is 3.27. The fourth-order valence-corrected chi connectivity index (χ4v) is 2.90. The molecule has 3 nitrogen and oxygen atoms in total. The molecule has 106 valence electrons. The summed E-state index contributed by atoms with van der Waals surface area (Å²) in [5.74, 6) is -0.747. The van der Waals surface area contributed by atoms with E-state index in [1.165, 1.54) is 18.2 Å². The van der Waals surface area contributed by atoms with Crippen LogP contribution in [0.3, 0.4) is 0 Å². The van der Waals surface area contributed by atoms with E-state index < -0.39 is 11.2 Å². The van der Waals surface area contributed by atoms with Crippen molar-refractivity contribution in [2.45, 2.75) is 38.5 Å². The van der Waals surface area contributed by atoms with Gasteiger partial charge in [0.05, 0.1) is 11.8 Å². The van der Waals surface area contributed by atoms with Gasteiger partial charge >= 0.3 is 0 Å². The van der Waals surface area contributed by atoms with Gasteiger partial charge in [0.2, 0.25) is 5.91 Å². The molecule has 0 unspecified atom stereocenters. The van der Waals surface area contributed by atoms with Crippen molar-refractivity contribution in [3.63, 3.8) is 0 Å². The zero-order valence-electron chi connectivity index (χ0n) is 11.1. The Balaban J connectivity index is 2.21. The minimum Gasteiger partial charge on any atom is -0.324 e. The van der Waals surface area contributed by atoms with Gasteiger partial charge in [-0.25, -0.2) is 4.39 Å². The van der Waals surface area contributed by atoms with Crippen molar-refractivity contribution in [1.29, 1.82) is 5.26 Å². The normalized spacial score (nSPS) is 17.9. The molecular formula is C15H16BrFN2O. The molecule has 1 saturated carbocycles. The summed E-state index contributed by atoms with van der Waals surface area (Å²) in [5.41, 5.74) is -0.615. The number of rotatable bonds is 2. The van der Waals surface area contributed by atoms with Gasteiger partial charge in [-0.1, -0.05) is 25.7 Å². The average molecular weight is 339 g/mol. The zero-order valence-corrected chi connectivity index (χ0v) is 12.7. The summed E-state index contributed by atoms with van der Waals surface area (Å²) in [5, 5.41) is 12.1. The minimum atomic E-state index is -0.984. The Bertz CT molecular complexity index is 545. The first-order valence-corrected chi connectivity index (χ1v) is 7.54. The Labute approximate surface area is 126 Å². The number of hydrogen-bond acceptors (Lipinski definition) is 2. The molecule has 1 amide bonds. The maximum atomic E-state index is 13.2. The lowest BCUT2D eigenvalue weighted by Gasteiger charge is -2.23. The van der Waals surface area contributed by atoms with Gasteiger partial charge in [0, 0.05) is 4.47 Å². The van der Waals surface area contributed by atoms with Crippen molar-refractivity contribution >= 4 is 27.5 Å². The fraction of sp³-hybridized carbons (Fsp3) is 0.467. The third-order valence-corrected chi connectivity index (χ3v) is 4.47. The maximum Gasteiger partial charge on any atom is 0.244 e. The van der Waals surface area contributed by atoms with Crippen molar-refractivity contribution in [1.82, 2.24) is 0 Å². The van der Waals surface area contributed by atoms with Gasteiger partial charge in [0.25, 0.3) is 0 Å². The number of nitrogens with zero attached hydrogens (tertiary/aromatic N) is 1. The molecule has 1 fully saturated rings. The van der Waals surface area contributed by atoms with Crippen LogP contribution in [0.25, 0.3) is 0 Å². The van der Waals surface area contributed by atoms with Crippen LogP contribution in [0.5, 0.6) is 0 Å². The van der Waals surface area contributed by atoms with Crippen LogP contribution < -0.4 is 5.32 Å². The molecule has 0 aromatic heterocycles. The highest BCUT2D eigenvalue weighted by Gasteiger charge is 2.39. The molecule has 0 saturated heterocycles. The second kappa shape index (κ2) is 6.36. The SMILES string of the molecule is N#CC1(C(=O)Nc2cc(F)ccc2Br)CCCCCC1. The number of carbonyl (C=O) groups is 1. The molecule has 5 heteroatoms. The van der Waals surface area contributed by atoms with Crippen molar-refractivity contribution in [2.75, 3.05) is 5.32 Å². The first kappa shape index (κ1) is 15.0. The Morgan fingerprint density at radius 3 is 2.55 bits per heavy atom. The van der Waals surface area contributed by atoms with E-state index in [4.69, 9.17) is 0 Å². The number of amides is 1. The van der Waals surface area contributed by atoms with Crippen molar-refractivity contribution in [3.8, 4) is 6.07 Å². The van der Waals surface area contributed by atoms with Gasteiger partial charge in [-0.2, -0.15) is 5.26 Å². The van der Waals surface area contributed by atoms with Gasteiger partial charge < -0.3 is 5.32 Å². The first-order valence-electron chi connectivity index (χ1n) is 6.75. The smallest absolute Gasteiger partial charge is 0.244 e. The Kier molecular flexibility index (Phi) is 4.77. The highest BCUT2D eigenvalue weighted by molar-refractivity contribution is 9.10. The molecule has 0 atom stereocenters. The van der Waals surface area contributed by atoms with E-state index in [0.29, 0.717) is 23.0 Å². The van der Waals surface area contributed by atoms with Crippen LogP contribution in [0.2, 0.25) is 0 Å². The summed E-state index contributed by atoms with van der Waals surface area (Å²) in [6, 6.07) is 6.29. The molecule has 0 radical (unpaired) electrons. The van der Waals surface area contributed by atoms with Crippen LogP contribution in [0, 0.1) is 22.6 Å². The van der Waals surface area contributed by atoms with E-state index in [1.807, 2.05) is 0 Å². The Morgan fingerprint density at radius 1 is 1.30 bits per heavy atom. The molecule has 1 aromatic rings. The molecule has 0 aliphatic heterocycles. The molecular weight excluding hydrogens is 323 g/mol. The highest BCUT2D eigenvalue weighted by Crippen LogP contribution is 2.36. The molecule has 1 aromatic carbocycles. The number of halogens is 2. The minimum absolute atomic E-state index is 0.326. The quantitative estimate of drug-likeness (QED) is 0.813. The number of nitrogens with one attached hydrogen (secondary N) is 1. The van der Waals surface area contributed by atoms with Crippen LogP contribution in [-0.4, -0.2) is 5.91 Å². The Morgan fingerprint density at radius 2 is 1.95 bits per heavy atom. The van der Waals surface area contributed by atoms with Gasteiger partial charge in [0.1, 0.15) is 11.2 Å². The zero-order chi connectivity index (χ0) is 14.6. The summed E-state index contributed by atoms with van der Waals surface area (Å²) in [6.45, 7) is 0. The second-order valence-corrected chi connectivity index (χ2v) is 6.04. The lowest BCUT2D eigenvalue weighted by molar-refractivity contribution is -0.123. The van der Waals surface area contributed by atoms with Crippen molar-refractivity contribution in [3.05, 3.63) is 28.5 Å². The number of hydrogen-bond donors (Lipinski definition) is 1. The van der Waals surface area contributed by atoms with E-state index in [9.17, 15) is 14.4 Å². The van der Waals surface area contributed by atoms with E-state index in [0.717, 1.165) is 25.7 Å². The summed E-state index contributed by atoms with van der Waals surface area (Å²) in [4.78, 5) is 12.5. The topological polar surface area (TPSA) is 52.9 Å². The van der Waals surface area contributed by atoms with Crippen LogP contribution in [0.4, 0.5) is 10.1 Å². The predicted molar refractivity (Wildman–Crippen MR) is 78.5 cm³/mol. The predicted octanol–water partition coefficient (Wildman–Crippen LogP) is 4.39. The third-order valence-electron chi connectivity index (χ3n) is 3.78. The fourth-order valence-electron chi connectivity index (χ4n) is 2.56. The van der Waals surface area contributed by atoms with Crippen LogP contribution in [0.15, 0.2) is 22.7 Å². The van der Waals surface area contributed by atoms with Gasteiger partial charge in [-0.15, -0.1) is 0 Å². The van der Waals surface area contributed by atoms with Crippen LogP contribution >= 0.6 is 15.9 Å². The van der Waals surface area contributed by atoms with Gasteiger partial charge in [-0.3, -0.25) is 4.79 Å². The lowest BCUT2D eigenvalue weighted by atomic mass is 9.81. The van der Waals surface area contributed by atoms with Crippen molar-refractivity contribution < 1.29 is 9.18 Å². The summed E-state index contributed by atoms with van der Waals surface area (Å²) < 4.78 is 13.9. The van der Waals surface area contributed by atoms with Gasteiger partial charge in [-0.05, 0) is 47.0 Å². The summed E-state index contributed by atoms with van der Waals surface area (Å²) in [6.07, 6.45) is 5.02. The van der Waals surface area contributed by atoms with E-state index in [-0.39, 0.29) is 5.91 Å². The van der Waals surface area contributed by atoms with Crippen LogP contribution in [-0.2, 0) is 4.79 Å². The molecule has 20 heavy (non-hydrogen) atoms. The largest absolute Gasteiger partial charge is 0.324 e. The maximum absolute atomic E-state index is 13.2. The molecule has 0 bridgehead atoms. The standard InChI is InChI=1S/C15H16BrFN2O/c16-12-6-5-11(17)9-13(12)19-14(20)15(10-18)7-3-1-2-4-8-15/h5-6,9H,1-4,7-8H2,(H,19,20). The lowest BCUT2D eigenvalue weighted by Crippen LogP contribution is -2.34. The molecule has 2 rings (SSSR count). The van der Waals surface area contributed by atoms with E-state index in [2.05, 4.69) is 27.3 Å². The first-order chi connectivity index (χ1) is 9.57. The molecule has 0 heterocycles. The molecule has 1 aliphatic rings. The average Bonchev–Trinajstić information content (AvgIpc) is 2.69. The van der Waals surface area contributed by atoms with Crippen molar-refractivity contribution in [2.24, 2.45) is 5.41 Å². The van der Waals surface area contributed by atoms with E-state index in [1.54, 1.807) is 0 Å². The highest BCUT2D eigenvalue weighted by atomic mass is 79.9. The number of nitriles is 1. The van der Waals surface area contributed by atoms with Crippen LogP contribution in [0.1, 0.15) is 38.5 Å². The second-order valence-electron chi connectivity index (χ2n) is 5.19. The number of carbonyl (C=O) groups excluding carboxylic acids is 1. The number of anilines is 1. The summed E-state index contributed by atoms with van der Waals surface area (Å²) in [7, 11) is 0. The molecule has 0 spiro atoms. The number of benzene rings is 1. The Hall–Kier alpha value is -1.41. The van der Waals surface area contributed by atoms with E-state index >= 15 is 0 Å².